The molecule has 0 aromatic carbocycles. The normalized spacial score (nSPS) is 21.6. The van der Waals surface area contributed by atoms with Gasteiger partial charge >= 0.3 is 0 Å². The number of pyridine rings is 1. The number of hydrogen-bond acceptors (Lipinski definition) is 4. The van der Waals surface area contributed by atoms with Gasteiger partial charge in [-0.05, 0) is 45.5 Å². The number of rotatable bonds is 5. The molecule has 0 spiro atoms. The minimum Gasteiger partial charge on any atom is -0.370 e. The second-order valence-corrected chi connectivity index (χ2v) is 5.88. The van der Waals surface area contributed by atoms with Gasteiger partial charge in [0.25, 0.3) is 0 Å². The molecule has 1 N–H and O–H groups in total. The monoisotopic (exact) mass is 276 g/mol. The predicted molar refractivity (Wildman–Crippen MR) is 85.0 cm³/mol. The van der Waals surface area contributed by atoms with Gasteiger partial charge in [0, 0.05) is 32.2 Å². The second kappa shape index (κ2) is 7.60. The van der Waals surface area contributed by atoms with Crippen LogP contribution in [-0.2, 0) is 6.54 Å². The highest BCUT2D eigenvalue weighted by atomic mass is 15.2. The third-order valence-electron chi connectivity index (χ3n) is 3.91. The van der Waals surface area contributed by atoms with Gasteiger partial charge in [-0.25, -0.2) is 4.98 Å². The van der Waals surface area contributed by atoms with E-state index in [2.05, 4.69) is 54.2 Å². The molecule has 20 heavy (non-hydrogen) atoms. The molecule has 2 rings (SSSR count). The molecule has 0 radical (unpaired) electrons. The Labute approximate surface area is 123 Å². The summed E-state index contributed by atoms with van der Waals surface area (Å²) in [7, 11) is 2.22. The highest BCUT2D eigenvalue weighted by molar-refractivity contribution is 5.35. The highest BCUT2D eigenvalue weighted by Crippen LogP contribution is 2.13. The quantitative estimate of drug-likeness (QED) is 0.895. The Morgan fingerprint density at radius 2 is 2.20 bits per heavy atom. The standard InChI is InChI=1S/C16H28N4/c1-4-9-17-16-8-5-7-15(18-16)13-20-11-6-10-19(3)12-14(20)2/h5,7-8,14H,4,6,9-13H2,1-3H3,(H,17,18). The molecule has 112 valence electrons. The first kappa shape index (κ1) is 15.3. The van der Waals surface area contributed by atoms with Crippen molar-refractivity contribution in [2.75, 3.05) is 38.5 Å². The van der Waals surface area contributed by atoms with Crippen LogP contribution in [0.15, 0.2) is 18.2 Å². The molecule has 0 bridgehead atoms. The topological polar surface area (TPSA) is 31.4 Å². The van der Waals surface area contributed by atoms with Crippen molar-refractivity contribution in [3.05, 3.63) is 23.9 Å². The van der Waals surface area contributed by atoms with E-state index in [1.807, 2.05) is 0 Å². The van der Waals surface area contributed by atoms with E-state index in [4.69, 9.17) is 4.98 Å². The van der Waals surface area contributed by atoms with Crippen molar-refractivity contribution in [2.45, 2.75) is 39.3 Å². The number of anilines is 1. The Kier molecular flexibility index (Phi) is 5.80. The van der Waals surface area contributed by atoms with Crippen LogP contribution < -0.4 is 5.32 Å². The summed E-state index contributed by atoms with van der Waals surface area (Å²) in [6.45, 7) is 9.95. The van der Waals surface area contributed by atoms with Crippen molar-refractivity contribution < 1.29 is 0 Å². The van der Waals surface area contributed by atoms with Crippen LogP contribution >= 0.6 is 0 Å². The van der Waals surface area contributed by atoms with Gasteiger partial charge in [-0.1, -0.05) is 13.0 Å². The van der Waals surface area contributed by atoms with Gasteiger partial charge < -0.3 is 10.2 Å². The van der Waals surface area contributed by atoms with Gasteiger partial charge in [0.15, 0.2) is 0 Å². The summed E-state index contributed by atoms with van der Waals surface area (Å²) in [5.41, 5.74) is 1.17. The zero-order valence-corrected chi connectivity index (χ0v) is 13.1. The average molecular weight is 276 g/mol. The lowest BCUT2D eigenvalue weighted by molar-refractivity contribution is 0.192. The van der Waals surface area contributed by atoms with E-state index >= 15 is 0 Å². The van der Waals surface area contributed by atoms with Crippen LogP contribution in [0.5, 0.6) is 0 Å². The van der Waals surface area contributed by atoms with Gasteiger partial charge in [-0.2, -0.15) is 0 Å². The number of likely N-dealkylation sites (N-methyl/N-ethyl adjacent to an activating group) is 1. The minimum atomic E-state index is 0.594. The maximum atomic E-state index is 4.72. The van der Waals surface area contributed by atoms with Crippen LogP contribution in [0.1, 0.15) is 32.4 Å². The first-order valence-corrected chi connectivity index (χ1v) is 7.81. The van der Waals surface area contributed by atoms with Gasteiger partial charge in [0.1, 0.15) is 5.82 Å². The first-order chi connectivity index (χ1) is 9.69. The third-order valence-corrected chi connectivity index (χ3v) is 3.91. The molecule has 2 heterocycles. The summed E-state index contributed by atoms with van der Waals surface area (Å²) in [4.78, 5) is 9.70. The maximum absolute atomic E-state index is 4.72. The maximum Gasteiger partial charge on any atom is 0.126 e. The van der Waals surface area contributed by atoms with E-state index in [0.29, 0.717) is 6.04 Å². The third kappa shape index (κ3) is 4.46. The highest BCUT2D eigenvalue weighted by Gasteiger charge is 2.19. The molecule has 1 unspecified atom stereocenters. The molecule has 1 aliphatic heterocycles. The van der Waals surface area contributed by atoms with E-state index in [0.717, 1.165) is 31.9 Å². The Balaban J connectivity index is 1.97. The molecular formula is C16H28N4. The Morgan fingerprint density at radius 1 is 1.35 bits per heavy atom. The van der Waals surface area contributed by atoms with Crippen molar-refractivity contribution >= 4 is 5.82 Å². The molecule has 1 aromatic heterocycles. The van der Waals surface area contributed by atoms with E-state index in [1.165, 1.54) is 25.2 Å². The SMILES string of the molecule is CCCNc1cccc(CN2CCCN(C)CC2C)n1. The van der Waals surface area contributed by atoms with Crippen LogP contribution in [-0.4, -0.2) is 54.1 Å². The van der Waals surface area contributed by atoms with Gasteiger partial charge in [-0.3, -0.25) is 4.90 Å². The molecule has 0 amide bonds. The summed E-state index contributed by atoms with van der Waals surface area (Å²) in [5.74, 6) is 1.00. The van der Waals surface area contributed by atoms with Crippen molar-refractivity contribution in [1.29, 1.82) is 0 Å². The molecule has 4 heteroatoms. The van der Waals surface area contributed by atoms with E-state index in [9.17, 15) is 0 Å². The molecule has 1 atom stereocenters. The summed E-state index contributed by atoms with van der Waals surface area (Å²) < 4.78 is 0. The lowest BCUT2D eigenvalue weighted by atomic mass is 10.2. The summed E-state index contributed by atoms with van der Waals surface area (Å²) in [6, 6.07) is 6.89. The molecular weight excluding hydrogens is 248 g/mol. The molecule has 4 nitrogen and oxygen atoms in total. The lowest BCUT2D eigenvalue weighted by Gasteiger charge is -2.27. The fourth-order valence-corrected chi connectivity index (χ4v) is 2.78. The fraction of sp³-hybridized carbons (Fsp3) is 0.688. The van der Waals surface area contributed by atoms with Crippen LogP contribution in [0.25, 0.3) is 0 Å². The number of nitrogens with one attached hydrogen (secondary N) is 1. The fourth-order valence-electron chi connectivity index (χ4n) is 2.78. The number of nitrogens with zero attached hydrogens (tertiary/aromatic N) is 3. The summed E-state index contributed by atoms with van der Waals surface area (Å²) in [6.07, 6.45) is 2.37. The average Bonchev–Trinajstić information content (AvgIpc) is 2.59. The van der Waals surface area contributed by atoms with E-state index in [-0.39, 0.29) is 0 Å². The Hall–Kier alpha value is -1.13. The first-order valence-electron chi connectivity index (χ1n) is 7.81. The van der Waals surface area contributed by atoms with Crippen molar-refractivity contribution in [3.63, 3.8) is 0 Å². The lowest BCUT2D eigenvalue weighted by Crippen LogP contribution is -2.37. The number of aromatic nitrogens is 1. The molecule has 0 aliphatic carbocycles. The molecule has 1 aromatic rings. The largest absolute Gasteiger partial charge is 0.370 e. The zero-order valence-electron chi connectivity index (χ0n) is 13.1. The van der Waals surface area contributed by atoms with Gasteiger partial charge in [0.05, 0.1) is 5.69 Å². The molecule has 0 saturated carbocycles. The Morgan fingerprint density at radius 3 is 3.00 bits per heavy atom. The number of hydrogen-bond donors (Lipinski definition) is 1. The van der Waals surface area contributed by atoms with Crippen LogP contribution in [0.3, 0.4) is 0 Å². The molecule has 1 aliphatic rings. The van der Waals surface area contributed by atoms with Crippen molar-refractivity contribution in [3.8, 4) is 0 Å². The molecule has 1 fully saturated rings. The smallest absolute Gasteiger partial charge is 0.126 e. The molecule has 1 saturated heterocycles. The van der Waals surface area contributed by atoms with Gasteiger partial charge in [-0.15, -0.1) is 0 Å². The van der Waals surface area contributed by atoms with Gasteiger partial charge in [0.2, 0.25) is 0 Å². The van der Waals surface area contributed by atoms with Crippen LogP contribution in [0, 0.1) is 0 Å². The second-order valence-electron chi connectivity index (χ2n) is 5.88. The van der Waals surface area contributed by atoms with E-state index < -0.39 is 0 Å². The van der Waals surface area contributed by atoms with Crippen molar-refractivity contribution in [2.24, 2.45) is 0 Å². The summed E-state index contributed by atoms with van der Waals surface area (Å²) >= 11 is 0. The summed E-state index contributed by atoms with van der Waals surface area (Å²) in [5, 5.41) is 3.36. The van der Waals surface area contributed by atoms with Crippen molar-refractivity contribution in [1.82, 2.24) is 14.8 Å². The Bertz CT molecular complexity index is 407. The zero-order chi connectivity index (χ0) is 14.4. The van der Waals surface area contributed by atoms with Crippen LogP contribution in [0.4, 0.5) is 5.82 Å². The van der Waals surface area contributed by atoms with E-state index in [1.54, 1.807) is 0 Å². The minimum absolute atomic E-state index is 0.594. The van der Waals surface area contributed by atoms with Crippen LogP contribution in [0.2, 0.25) is 0 Å². The predicted octanol–water partition coefficient (Wildman–Crippen LogP) is 2.43.